The van der Waals surface area contributed by atoms with Crippen LogP contribution in [0.15, 0.2) is 158 Å². The van der Waals surface area contributed by atoms with Gasteiger partial charge in [-0.2, -0.15) is 0 Å². The lowest BCUT2D eigenvalue weighted by Crippen LogP contribution is -2.61. The van der Waals surface area contributed by atoms with Gasteiger partial charge >= 0.3 is 0 Å². The zero-order valence-electron chi connectivity index (χ0n) is 43.3. The van der Waals surface area contributed by atoms with E-state index in [1.54, 1.807) is 0 Å². The number of thiophene rings is 1. The molecule has 2 aliphatic heterocycles. The fraction of sp³-hybridized carbons (Fsp3) is 0.258. The maximum atomic E-state index is 5.21. The molecule has 0 saturated heterocycles. The Balaban J connectivity index is 1.18. The van der Waals surface area contributed by atoms with Crippen LogP contribution in [0.5, 0.6) is 0 Å². The van der Waals surface area contributed by atoms with Crippen molar-refractivity contribution in [2.75, 3.05) is 9.80 Å². The van der Waals surface area contributed by atoms with Crippen LogP contribution in [0.1, 0.15) is 128 Å². The molecular formula is C66H62BN3S. The van der Waals surface area contributed by atoms with E-state index in [0.29, 0.717) is 0 Å². The number of hydrogen-bond acceptors (Lipinski definition) is 4. The van der Waals surface area contributed by atoms with Crippen molar-refractivity contribution in [3.63, 3.8) is 0 Å². The lowest BCUT2D eigenvalue weighted by atomic mass is 9.33. The molecule has 0 N–H and O–H groups in total. The van der Waals surface area contributed by atoms with Crippen molar-refractivity contribution < 1.29 is 0 Å². The quantitative estimate of drug-likeness (QED) is 0.161. The standard InChI is InChI=1S/C66H62BN3S/c1-62(2,3)39-23-28-43(29-24-39)69-53-34-41(64(7,8)9)27-32-51(53)67-52-38-50-47(37-54(52)70(44-30-25-40(26-31-44)63(4,5)6)56-36-42(65(10,11)12)35-55(69)59(56)67)61-58(46-19-14-16-22-57(46)71-61)66(50)48-20-15-13-18-45(48)60-49(66)21-17-33-68-60/h13-38H,1-12H3. The van der Waals surface area contributed by atoms with E-state index in [2.05, 4.69) is 245 Å². The highest BCUT2D eigenvalue weighted by Crippen LogP contribution is 2.66. The first-order chi connectivity index (χ1) is 33.7. The molecule has 5 heteroatoms. The third kappa shape index (κ3) is 6.24. The highest BCUT2D eigenvalue weighted by atomic mass is 32.1. The average Bonchev–Trinajstić information content (AvgIpc) is 3.95. The molecule has 1 atom stereocenters. The Morgan fingerprint density at radius 3 is 1.61 bits per heavy atom. The van der Waals surface area contributed by atoms with E-state index in [1.807, 2.05) is 17.5 Å². The molecule has 7 aromatic carbocycles. The molecule has 1 spiro atoms. The zero-order valence-corrected chi connectivity index (χ0v) is 44.2. The first kappa shape index (κ1) is 44.3. The first-order valence-electron chi connectivity index (χ1n) is 25.6. The average molecular weight is 940 g/mol. The molecule has 1 unspecified atom stereocenters. The van der Waals surface area contributed by atoms with Crippen LogP contribution >= 0.6 is 11.3 Å². The largest absolute Gasteiger partial charge is 0.311 e. The maximum absolute atomic E-state index is 5.21. The summed E-state index contributed by atoms with van der Waals surface area (Å²) in [6.07, 6.45) is 1.98. The zero-order chi connectivity index (χ0) is 49.3. The van der Waals surface area contributed by atoms with Crippen molar-refractivity contribution in [3.8, 4) is 21.7 Å². The minimum Gasteiger partial charge on any atom is -0.311 e. The normalized spacial score (nSPS) is 16.4. The topological polar surface area (TPSA) is 19.4 Å². The van der Waals surface area contributed by atoms with Gasteiger partial charge in [-0.1, -0.05) is 174 Å². The summed E-state index contributed by atoms with van der Waals surface area (Å²) in [6, 6.07) is 59.4. The Morgan fingerprint density at radius 2 is 0.986 bits per heavy atom. The molecule has 13 rings (SSSR count). The summed E-state index contributed by atoms with van der Waals surface area (Å²) in [7, 11) is 0. The molecular weight excluding hydrogens is 878 g/mol. The van der Waals surface area contributed by atoms with Crippen molar-refractivity contribution >= 4 is 78.6 Å². The van der Waals surface area contributed by atoms with Gasteiger partial charge in [-0.3, -0.25) is 4.98 Å². The molecule has 350 valence electrons. The third-order valence-electron chi connectivity index (χ3n) is 16.3. The number of nitrogens with zero attached hydrogens (tertiary/aromatic N) is 3. The minimum atomic E-state index is -0.549. The van der Waals surface area contributed by atoms with Gasteiger partial charge in [0, 0.05) is 55.5 Å². The van der Waals surface area contributed by atoms with Crippen molar-refractivity contribution in [3.05, 3.63) is 202 Å². The summed E-state index contributed by atoms with van der Waals surface area (Å²) in [4.78, 5) is 11.8. The van der Waals surface area contributed by atoms with Crippen LogP contribution in [0, 0.1) is 0 Å². The van der Waals surface area contributed by atoms with E-state index in [0.717, 1.165) is 5.69 Å². The predicted molar refractivity (Wildman–Crippen MR) is 305 cm³/mol. The summed E-state index contributed by atoms with van der Waals surface area (Å²) in [5, 5.41) is 1.33. The van der Waals surface area contributed by atoms with Gasteiger partial charge in [0.2, 0.25) is 0 Å². The van der Waals surface area contributed by atoms with Crippen LogP contribution in [-0.4, -0.2) is 11.7 Å². The van der Waals surface area contributed by atoms with E-state index in [4.69, 9.17) is 4.98 Å². The minimum absolute atomic E-state index is 0.0167. The van der Waals surface area contributed by atoms with Crippen LogP contribution in [0.4, 0.5) is 34.1 Å². The molecule has 3 nitrogen and oxygen atoms in total. The SMILES string of the molecule is CC(C)(C)c1ccc(N2c3cc(C(C)(C)C)ccc3B3c4cc5c(cc4N(c4ccc(C(C)(C)C)cc4)c4cc(C(C)(C)C)cc2c43)-c2sc3ccccc3c2C52c3ccccc3-c3ncccc32)cc1. The number of aromatic nitrogens is 1. The second kappa shape index (κ2) is 14.7. The Hall–Kier alpha value is -6.69. The van der Waals surface area contributed by atoms with Crippen molar-refractivity contribution in [2.45, 2.75) is 110 Å². The number of fused-ring (bicyclic) bond motifs is 16. The summed E-state index contributed by atoms with van der Waals surface area (Å²) in [6.45, 7) is 28.0. The number of rotatable bonds is 2. The van der Waals surface area contributed by atoms with Crippen LogP contribution in [0.2, 0.25) is 0 Å². The smallest absolute Gasteiger partial charge is 0.252 e. The molecule has 0 saturated carbocycles. The van der Waals surface area contributed by atoms with Gasteiger partial charge in [0.05, 0.1) is 11.1 Å². The van der Waals surface area contributed by atoms with Gasteiger partial charge in [0.15, 0.2) is 0 Å². The van der Waals surface area contributed by atoms with Gasteiger partial charge < -0.3 is 9.80 Å². The lowest BCUT2D eigenvalue weighted by molar-refractivity contribution is 0.589. The predicted octanol–water partition coefficient (Wildman–Crippen LogP) is 15.9. The monoisotopic (exact) mass is 939 g/mol. The molecule has 4 heterocycles. The molecule has 4 aliphatic rings. The number of hydrogen-bond donors (Lipinski definition) is 0. The van der Waals surface area contributed by atoms with E-state index in [-0.39, 0.29) is 28.4 Å². The Kier molecular flexibility index (Phi) is 9.17. The van der Waals surface area contributed by atoms with Crippen molar-refractivity contribution in [1.82, 2.24) is 4.98 Å². The van der Waals surface area contributed by atoms with E-state index in [9.17, 15) is 0 Å². The summed E-state index contributed by atoms with van der Waals surface area (Å²) in [5.41, 5.74) is 25.0. The number of benzene rings is 7. The highest BCUT2D eigenvalue weighted by molar-refractivity contribution is 7.22. The molecule has 9 aromatic rings. The van der Waals surface area contributed by atoms with Crippen molar-refractivity contribution in [1.29, 1.82) is 0 Å². The van der Waals surface area contributed by atoms with Crippen LogP contribution in [0.3, 0.4) is 0 Å². The Bertz CT molecular complexity index is 3650. The number of pyridine rings is 1. The van der Waals surface area contributed by atoms with Gasteiger partial charge in [-0.15, -0.1) is 11.3 Å². The summed E-state index contributed by atoms with van der Waals surface area (Å²) >= 11 is 1.95. The van der Waals surface area contributed by atoms with Crippen LogP contribution in [-0.2, 0) is 27.1 Å². The first-order valence-corrected chi connectivity index (χ1v) is 26.5. The second-order valence-corrected chi connectivity index (χ2v) is 25.9. The maximum Gasteiger partial charge on any atom is 0.252 e. The lowest BCUT2D eigenvalue weighted by Gasteiger charge is -2.46. The van der Waals surface area contributed by atoms with Crippen molar-refractivity contribution in [2.24, 2.45) is 0 Å². The Morgan fingerprint density at radius 1 is 0.451 bits per heavy atom. The Labute approximate surface area is 425 Å². The van der Waals surface area contributed by atoms with Gasteiger partial charge in [0.25, 0.3) is 6.71 Å². The summed E-state index contributed by atoms with van der Waals surface area (Å²) < 4.78 is 1.32. The van der Waals surface area contributed by atoms with E-state index in [1.165, 1.54) is 121 Å². The van der Waals surface area contributed by atoms with Crippen LogP contribution < -0.4 is 26.2 Å². The molecule has 0 radical (unpaired) electrons. The van der Waals surface area contributed by atoms with E-state index >= 15 is 0 Å². The molecule has 71 heavy (non-hydrogen) atoms. The number of anilines is 6. The fourth-order valence-electron chi connectivity index (χ4n) is 12.6. The molecule has 0 fully saturated rings. The van der Waals surface area contributed by atoms with Crippen LogP contribution in [0.25, 0.3) is 31.8 Å². The van der Waals surface area contributed by atoms with E-state index < -0.39 is 5.41 Å². The third-order valence-corrected chi connectivity index (χ3v) is 17.5. The second-order valence-electron chi connectivity index (χ2n) is 24.9. The fourth-order valence-corrected chi connectivity index (χ4v) is 13.9. The van der Waals surface area contributed by atoms with Gasteiger partial charge in [-0.05, 0) is 154 Å². The summed E-state index contributed by atoms with van der Waals surface area (Å²) in [5.74, 6) is 0. The highest BCUT2D eigenvalue weighted by Gasteiger charge is 2.56. The molecule has 0 amide bonds. The molecule has 2 aromatic heterocycles. The van der Waals surface area contributed by atoms with Gasteiger partial charge in [0.1, 0.15) is 0 Å². The van der Waals surface area contributed by atoms with Gasteiger partial charge in [-0.25, -0.2) is 0 Å². The molecule has 2 aliphatic carbocycles. The molecule has 0 bridgehead atoms.